The number of hydrogen-bond acceptors (Lipinski definition) is 8. The number of nitrogens with two attached hydrogens (primary N) is 1. The highest BCUT2D eigenvalue weighted by Gasteiger charge is 2.46. The summed E-state index contributed by atoms with van der Waals surface area (Å²) in [6.45, 7) is 3.31. The lowest BCUT2D eigenvalue weighted by molar-refractivity contribution is -0.954. The quantitative estimate of drug-likeness (QED) is 0.175. The van der Waals surface area contributed by atoms with E-state index in [2.05, 4.69) is 37.2 Å². The molecule has 0 amide bonds. The van der Waals surface area contributed by atoms with Crippen molar-refractivity contribution >= 4 is 11.7 Å². The molecule has 0 radical (unpaired) electrons. The first-order chi connectivity index (χ1) is 24.0. The summed E-state index contributed by atoms with van der Waals surface area (Å²) in [6, 6.07) is 19.3. The van der Waals surface area contributed by atoms with Gasteiger partial charge < -0.3 is 39.0 Å². The Morgan fingerprint density at radius 2 is 1.56 bits per heavy atom. The molecule has 8 rings (SSSR count). The predicted molar refractivity (Wildman–Crippen MR) is 191 cm³/mol. The average Bonchev–Trinajstić information content (AvgIpc) is 3.11. The fraction of sp³-hybridized carbons (Fsp3) is 0.375. The van der Waals surface area contributed by atoms with Crippen LogP contribution in [0.1, 0.15) is 52.4 Å². The van der Waals surface area contributed by atoms with Crippen LogP contribution < -0.4 is 29.4 Å². The van der Waals surface area contributed by atoms with E-state index in [9.17, 15) is 9.90 Å². The van der Waals surface area contributed by atoms with E-state index < -0.39 is 12.0 Å². The van der Waals surface area contributed by atoms with Crippen molar-refractivity contribution in [3.05, 3.63) is 94.0 Å². The van der Waals surface area contributed by atoms with Gasteiger partial charge in [0, 0.05) is 36.6 Å². The summed E-state index contributed by atoms with van der Waals surface area (Å²) in [5.41, 5.74) is 13.7. The van der Waals surface area contributed by atoms with Crippen LogP contribution in [0.15, 0.2) is 60.7 Å². The number of fused-ring (bicyclic) bond motifs is 2. The number of aliphatic carboxylic acids is 1. The molecule has 4 aromatic carbocycles. The Labute approximate surface area is 293 Å². The highest BCUT2D eigenvalue weighted by Crippen LogP contribution is 2.50. The van der Waals surface area contributed by atoms with Crippen LogP contribution in [-0.4, -0.2) is 75.0 Å². The Morgan fingerprint density at radius 3 is 2.26 bits per heavy atom. The number of ether oxygens (including phenoxy) is 5. The SMILES string of the molecule is COc1ccc2cc1Oc1ccc(cc1)CC1c3cc(c(OC)cc3CC[N+]1(C)C(C)C(=O)O)Oc1c(N)c(OC)cc3c1C(C2)N(C)CC3. The molecule has 50 heavy (non-hydrogen) atoms. The minimum atomic E-state index is -0.828. The Morgan fingerprint density at radius 1 is 0.880 bits per heavy atom. The minimum absolute atomic E-state index is 0.0749. The molecular formula is C40H46N3O7+. The molecule has 4 aliphatic rings. The summed E-state index contributed by atoms with van der Waals surface area (Å²) in [5.74, 6) is 3.34. The highest BCUT2D eigenvalue weighted by molar-refractivity contribution is 5.72. The second-order valence-corrected chi connectivity index (χ2v) is 13.9. The normalized spacial score (nSPS) is 21.8. The lowest BCUT2D eigenvalue weighted by Crippen LogP contribution is -2.59. The molecule has 4 aliphatic heterocycles. The fourth-order valence-corrected chi connectivity index (χ4v) is 8.06. The topological polar surface area (TPSA) is 113 Å². The highest BCUT2D eigenvalue weighted by atomic mass is 16.5. The first-order valence-electron chi connectivity index (χ1n) is 17.1. The lowest BCUT2D eigenvalue weighted by Gasteiger charge is -2.48. The van der Waals surface area contributed by atoms with Crippen molar-refractivity contribution in [1.82, 2.24) is 4.90 Å². The second-order valence-electron chi connectivity index (χ2n) is 13.9. The Bertz CT molecular complexity index is 1940. The first-order valence-corrected chi connectivity index (χ1v) is 17.1. The van der Waals surface area contributed by atoms with Crippen molar-refractivity contribution in [2.75, 3.05) is 54.2 Å². The Hall–Kier alpha value is -4.93. The summed E-state index contributed by atoms with van der Waals surface area (Å²) in [4.78, 5) is 14.9. The summed E-state index contributed by atoms with van der Waals surface area (Å²) in [5, 5.41) is 10.3. The minimum Gasteiger partial charge on any atom is -0.494 e. The number of benzene rings is 4. The van der Waals surface area contributed by atoms with Gasteiger partial charge in [0.2, 0.25) is 0 Å². The third-order valence-corrected chi connectivity index (χ3v) is 11.3. The maximum Gasteiger partial charge on any atom is 0.362 e. The number of carbonyl (C=O) groups is 1. The summed E-state index contributed by atoms with van der Waals surface area (Å²) in [6.07, 6.45) is 2.77. The van der Waals surface area contributed by atoms with Gasteiger partial charge in [-0.25, -0.2) is 4.79 Å². The van der Waals surface area contributed by atoms with E-state index in [0.717, 1.165) is 46.3 Å². The van der Waals surface area contributed by atoms with Crippen LogP contribution in [0.4, 0.5) is 5.69 Å². The van der Waals surface area contributed by atoms with Gasteiger partial charge in [0.25, 0.3) is 0 Å². The molecular weight excluding hydrogens is 634 g/mol. The number of rotatable bonds is 5. The molecule has 10 nitrogen and oxygen atoms in total. The standard InChI is InChI=1S/C40H45N3O7/c1-23(40(44)45)43(3)16-14-26-20-33(47-5)35-22-29(26)31(43)18-24-7-10-28(11-8-24)49-34-19-25(9-12-32(34)46-4)17-30-37-27(13-15-42(30)2)21-36(48-6)38(41)39(37)50-35/h7-12,19-23,30-31H,13-18,41H2,1-6H3/p+1. The molecule has 0 aromatic heterocycles. The van der Waals surface area contributed by atoms with E-state index >= 15 is 0 Å². The lowest BCUT2D eigenvalue weighted by atomic mass is 9.85. The molecule has 0 saturated carbocycles. The van der Waals surface area contributed by atoms with Crippen molar-refractivity contribution in [2.24, 2.45) is 0 Å². The van der Waals surface area contributed by atoms with Crippen LogP contribution in [-0.2, 0) is 30.5 Å². The monoisotopic (exact) mass is 680 g/mol. The average molecular weight is 681 g/mol. The molecule has 6 bridgehead atoms. The van der Waals surface area contributed by atoms with E-state index in [4.69, 9.17) is 29.4 Å². The maximum absolute atomic E-state index is 12.6. The van der Waals surface area contributed by atoms with Gasteiger partial charge in [0.05, 0.1) is 34.9 Å². The number of quaternary nitrogens is 1. The Kier molecular flexibility index (Phi) is 8.78. The molecule has 4 atom stereocenters. The van der Waals surface area contributed by atoms with Gasteiger partial charge in [-0.2, -0.15) is 0 Å². The number of nitrogen functional groups attached to an aromatic ring is 1. The summed E-state index contributed by atoms with van der Waals surface area (Å²) in [7, 11) is 9.08. The molecule has 4 unspecified atom stereocenters. The number of anilines is 1. The third kappa shape index (κ3) is 5.76. The van der Waals surface area contributed by atoms with Gasteiger partial charge >= 0.3 is 5.97 Å². The smallest absolute Gasteiger partial charge is 0.362 e. The zero-order valence-electron chi connectivity index (χ0n) is 29.6. The molecule has 0 fully saturated rings. The maximum atomic E-state index is 12.6. The van der Waals surface area contributed by atoms with Crippen LogP contribution in [0.25, 0.3) is 0 Å². The molecule has 4 aromatic rings. The van der Waals surface area contributed by atoms with Crippen LogP contribution >= 0.6 is 0 Å². The largest absolute Gasteiger partial charge is 0.494 e. The zero-order chi connectivity index (χ0) is 35.3. The van der Waals surface area contributed by atoms with Crippen molar-refractivity contribution in [3.8, 4) is 40.2 Å². The van der Waals surface area contributed by atoms with E-state index in [-0.39, 0.29) is 12.1 Å². The predicted octanol–water partition coefficient (Wildman–Crippen LogP) is 6.72. The van der Waals surface area contributed by atoms with Gasteiger partial charge in [0.15, 0.2) is 34.8 Å². The van der Waals surface area contributed by atoms with Crippen LogP contribution in [0.2, 0.25) is 0 Å². The van der Waals surface area contributed by atoms with Crippen LogP contribution in [0.3, 0.4) is 0 Å². The number of carboxylic acids is 1. The van der Waals surface area contributed by atoms with Gasteiger partial charge in [0.1, 0.15) is 23.2 Å². The van der Waals surface area contributed by atoms with E-state index in [1.807, 2.05) is 42.5 Å². The number of carboxylic acid groups (broad SMARTS) is 1. The molecule has 4 heterocycles. The number of nitrogens with zero attached hydrogens (tertiary/aromatic N) is 2. The first kappa shape index (κ1) is 33.6. The van der Waals surface area contributed by atoms with E-state index in [0.29, 0.717) is 76.2 Å². The van der Waals surface area contributed by atoms with Crippen LogP contribution in [0.5, 0.6) is 40.2 Å². The van der Waals surface area contributed by atoms with Gasteiger partial charge in [-0.1, -0.05) is 18.2 Å². The molecule has 0 aliphatic carbocycles. The molecule has 0 spiro atoms. The number of likely N-dealkylation sites (N-methyl/N-ethyl adjacent to an activating group) is 2. The van der Waals surface area contributed by atoms with Crippen LogP contribution in [0, 0.1) is 0 Å². The van der Waals surface area contributed by atoms with Gasteiger partial charge in [-0.05, 0) is 91.5 Å². The second kappa shape index (κ2) is 13.1. The van der Waals surface area contributed by atoms with Gasteiger partial charge in [-0.15, -0.1) is 0 Å². The van der Waals surface area contributed by atoms with E-state index in [1.165, 1.54) is 0 Å². The van der Waals surface area contributed by atoms with Crippen molar-refractivity contribution < 1.29 is 38.1 Å². The fourth-order valence-electron chi connectivity index (χ4n) is 8.06. The van der Waals surface area contributed by atoms with Crippen molar-refractivity contribution in [3.63, 3.8) is 0 Å². The summed E-state index contributed by atoms with van der Waals surface area (Å²) < 4.78 is 31.2. The van der Waals surface area contributed by atoms with Gasteiger partial charge in [-0.3, -0.25) is 4.90 Å². The molecule has 0 saturated heterocycles. The Balaban J connectivity index is 1.48. The molecule has 10 heteroatoms. The molecule has 3 N–H and O–H groups in total. The number of methoxy groups -OCH3 is 3. The zero-order valence-corrected chi connectivity index (χ0v) is 29.6. The summed E-state index contributed by atoms with van der Waals surface area (Å²) >= 11 is 0. The third-order valence-electron chi connectivity index (χ3n) is 11.3. The van der Waals surface area contributed by atoms with E-state index in [1.54, 1.807) is 28.3 Å². The van der Waals surface area contributed by atoms with Crippen molar-refractivity contribution in [2.45, 2.75) is 50.7 Å². The number of hydrogen-bond donors (Lipinski definition) is 2. The molecule has 262 valence electrons. The van der Waals surface area contributed by atoms with Crippen molar-refractivity contribution in [1.29, 1.82) is 0 Å².